The third-order valence-electron chi connectivity index (χ3n) is 3.54. The SMILES string of the molecule is CCC(C)CNCCCCCCNc1cc(N)nc(N)n1. The largest absolute Gasteiger partial charge is 0.383 e. The minimum atomic E-state index is 0.213. The predicted molar refractivity (Wildman–Crippen MR) is 90.1 cm³/mol. The van der Waals surface area contributed by atoms with Gasteiger partial charge in [0.05, 0.1) is 0 Å². The topological polar surface area (TPSA) is 102 Å². The molecule has 1 unspecified atom stereocenters. The second kappa shape index (κ2) is 10.2. The van der Waals surface area contributed by atoms with Crippen LogP contribution in [-0.4, -0.2) is 29.6 Å². The Kier molecular flexibility index (Phi) is 8.50. The van der Waals surface area contributed by atoms with E-state index in [-0.39, 0.29) is 5.95 Å². The Morgan fingerprint density at radius 1 is 1.10 bits per heavy atom. The number of nitrogens with one attached hydrogen (secondary N) is 2. The van der Waals surface area contributed by atoms with Crippen molar-refractivity contribution in [3.8, 4) is 0 Å². The Morgan fingerprint density at radius 2 is 1.81 bits per heavy atom. The Hall–Kier alpha value is -1.56. The maximum Gasteiger partial charge on any atom is 0.223 e. The summed E-state index contributed by atoms with van der Waals surface area (Å²) in [5.74, 6) is 2.10. The third-order valence-corrected chi connectivity index (χ3v) is 3.54. The highest BCUT2D eigenvalue weighted by Crippen LogP contribution is 2.09. The van der Waals surface area contributed by atoms with Crippen molar-refractivity contribution in [3.05, 3.63) is 6.07 Å². The first-order valence-corrected chi connectivity index (χ1v) is 7.96. The maximum atomic E-state index is 5.61. The van der Waals surface area contributed by atoms with Crippen LogP contribution in [-0.2, 0) is 0 Å². The highest BCUT2D eigenvalue weighted by Gasteiger charge is 1.99. The van der Waals surface area contributed by atoms with Gasteiger partial charge in [0.25, 0.3) is 0 Å². The molecule has 21 heavy (non-hydrogen) atoms. The summed E-state index contributed by atoms with van der Waals surface area (Å²) in [5.41, 5.74) is 11.2. The van der Waals surface area contributed by atoms with Crippen molar-refractivity contribution in [2.24, 2.45) is 5.92 Å². The molecule has 0 aromatic carbocycles. The molecule has 0 aliphatic heterocycles. The smallest absolute Gasteiger partial charge is 0.223 e. The zero-order chi connectivity index (χ0) is 15.5. The van der Waals surface area contributed by atoms with E-state index in [1.54, 1.807) is 6.07 Å². The van der Waals surface area contributed by atoms with E-state index < -0.39 is 0 Å². The van der Waals surface area contributed by atoms with Gasteiger partial charge < -0.3 is 22.1 Å². The van der Waals surface area contributed by atoms with Gasteiger partial charge in [0.2, 0.25) is 5.95 Å². The molecular weight excluding hydrogens is 264 g/mol. The minimum Gasteiger partial charge on any atom is -0.383 e. The molecule has 0 amide bonds. The fourth-order valence-corrected chi connectivity index (χ4v) is 2.01. The molecule has 0 saturated heterocycles. The van der Waals surface area contributed by atoms with Crippen molar-refractivity contribution in [3.63, 3.8) is 0 Å². The normalized spacial score (nSPS) is 12.3. The molecule has 0 fully saturated rings. The number of rotatable bonds is 11. The molecule has 1 aromatic heterocycles. The van der Waals surface area contributed by atoms with Gasteiger partial charge in [-0.2, -0.15) is 9.97 Å². The van der Waals surface area contributed by atoms with Gasteiger partial charge in [0.15, 0.2) is 0 Å². The Bertz CT molecular complexity index is 376. The average Bonchev–Trinajstić information content (AvgIpc) is 2.44. The summed E-state index contributed by atoms with van der Waals surface area (Å²) >= 11 is 0. The highest BCUT2D eigenvalue weighted by atomic mass is 15.1. The number of anilines is 3. The number of unbranched alkanes of at least 4 members (excludes halogenated alkanes) is 3. The highest BCUT2D eigenvalue weighted by molar-refractivity contribution is 5.48. The molecule has 0 radical (unpaired) electrons. The first-order valence-electron chi connectivity index (χ1n) is 7.96. The van der Waals surface area contributed by atoms with E-state index in [2.05, 4.69) is 34.4 Å². The van der Waals surface area contributed by atoms with Crippen molar-refractivity contribution in [2.45, 2.75) is 46.0 Å². The van der Waals surface area contributed by atoms with Crippen molar-refractivity contribution < 1.29 is 0 Å². The van der Waals surface area contributed by atoms with Crippen LogP contribution in [0.1, 0.15) is 46.0 Å². The quantitative estimate of drug-likeness (QED) is 0.467. The Balaban J connectivity index is 1.97. The summed E-state index contributed by atoms with van der Waals surface area (Å²) < 4.78 is 0. The van der Waals surface area contributed by atoms with Gasteiger partial charge >= 0.3 is 0 Å². The van der Waals surface area contributed by atoms with Gasteiger partial charge in [0.1, 0.15) is 11.6 Å². The summed E-state index contributed by atoms with van der Waals surface area (Å²) in [7, 11) is 0. The molecule has 0 spiro atoms. The van der Waals surface area contributed by atoms with E-state index in [1.807, 2.05) is 0 Å². The molecule has 1 atom stereocenters. The van der Waals surface area contributed by atoms with Crippen LogP contribution in [0.25, 0.3) is 0 Å². The molecule has 1 heterocycles. The molecule has 0 saturated carbocycles. The molecule has 6 nitrogen and oxygen atoms in total. The summed E-state index contributed by atoms with van der Waals surface area (Å²) in [4.78, 5) is 7.92. The van der Waals surface area contributed by atoms with E-state index >= 15 is 0 Å². The van der Waals surface area contributed by atoms with Crippen molar-refractivity contribution in [1.82, 2.24) is 15.3 Å². The fourth-order valence-electron chi connectivity index (χ4n) is 2.01. The van der Waals surface area contributed by atoms with Gasteiger partial charge in [-0.1, -0.05) is 33.1 Å². The molecule has 120 valence electrons. The van der Waals surface area contributed by atoms with Gasteiger partial charge in [-0.05, 0) is 31.8 Å². The first-order chi connectivity index (χ1) is 10.1. The number of nitrogens with two attached hydrogens (primary N) is 2. The van der Waals surface area contributed by atoms with E-state index in [4.69, 9.17) is 11.5 Å². The summed E-state index contributed by atoms with van der Waals surface area (Å²) in [6, 6.07) is 1.70. The van der Waals surface area contributed by atoms with Crippen LogP contribution in [0.4, 0.5) is 17.6 Å². The lowest BCUT2D eigenvalue weighted by Crippen LogP contribution is -2.21. The van der Waals surface area contributed by atoms with Crippen LogP contribution in [0.3, 0.4) is 0 Å². The van der Waals surface area contributed by atoms with Gasteiger partial charge in [-0.3, -0.25) is 0 Å². The molecule has 1 aromatic rings. The van der Waals surface area contributed by atoms with Crippen LogP contribution in [0, 0.1) is 5.92 Å². The molecule has 0 aliphatic rings. The zero-order valence-corrected chi connectivity index (χ0v) is 13.4. The van der Waals surface area contributed by atoms with Gasteiger partial charge in [-0.15, -0.1) is 0 Å². The van der Waals surface area contributed by atoms with Crippen LogP contribution in [0.2, 0.25) is 0 Å². The third kappa shape index (κ3) is 8.34. The van der Waals surface area contributed by atoms with E-state index in [0.717, 1.165) is 32.0 Å². The standard InChI is InChI=1S/C15H30N6/c1-3-12(2)11-18-8-6-4-5-7-9-19-14-10-13(16)20-15(17)21-14/h10,12,18H,3-9,11H2,1-2H3,(H5,16,17,19,20,21). The van der Waals surface area contributed by atoms with E-state index in [0.29, 0.717) is 11.6 Å². The minimum absolute atomic E-state index is 0.213. The molecular formula is C15H30N6. The van der Waals surface area contributed by atoms with E-state index in [9.17, 15) is 0 Å². The predicted octanol–water partition coefficient (Wildman–Crippen LogP) is 2.25. The number of nitrogen functional groups attached to an aromatic ring is 2. The Morgan fingerprint density at radius 3 is 2.48 bits per heavy atom. The van der Waals surface area contributed by atoms with E-state index in [1.165, 1.54) is 25.7 Å². The van der Waals surface area contributed by atoms with Crippen LogP contribution < -0.4 is 22.1 Å². The van der Waals surface area contributed by atoms with Crippen LogP contribution in [0.15, 0.2) is 6.07 Å². The monoisotopic (exact) mass is 294 g/mol. The zero-order valence-electron chi connectivity index (χ0n) is 13.4. The number of aromatic nitrogens is 2. The van der Waals surface area contributed by atoms with Crippen LogP contribution >= 0.6 is 0 Å². The van der Waals surface area contributed by atoms with Gasteiger partial charge in [-0.25, -0.2) is 0 Å². The lowest BCUT2D eigenvalue weighted by molar-refractivity contribution is 0.488. The lowest BCUT2D eigenvalue weighted by Gasteiger charge is -2.10. The molecule has 6 N–H and O–H groups in total. The molecule has 1 rings (SSSR count). The molecule has 0 bridgehead atoms. The number of hydrogen-bond donors (Lipinski definition) is 4. The second-order valence-corrected chi connectivity index (χ2v) is 5.59. The number of hydrogen-bond acceptors (Lipinski definition) is 6. The summed E-state index contributed by atoms with van der Waals surface area (Å²) in [5, 5.41) is 6.73. The van der Waals surface area contributed by atoms with Crippen LogP contribution in [0.5, 0.6) is 0 Å². The fraction of sp³-hybridized carbons (Fsp3) is 0.733. The molecule has 6 heteroatoms. The average molecular weight is 294 g/mol. The van der Waals surface area contributed by atoms with Crippen molar-refractivity contribution in [1.29, 1.82) is 0 Å². The van der Waals surface area contributed by atoms with Crippen molar-refractivity contribution >= 4 is 17.6 Å². The summed E-state index contributed by atoms with van der Waals surface area (Å²) in [6.07, 6.45) is 6.08. The summed E-state index contributed by atoms with van der Waals surface area (Å²) in [6.45, 7) is 7.66. The number of nitrogens with zero attached hydrogens (tertiary/aromatic N) is 2. The van der Waals surface area contributed by atoms with Crippen molar-refractivity contribution in [2.75, 3.05) is 36.4 Å². The van der Waals surface area contributed by atoms with Gasteiger partial charge in [0, 0.05) is 12.6 Å². The maximum absolute atomic E-state index is 5.61. The first kappa shape index (κ1) is 17.5. The lowest BCUT2D eigenvalue weighted by atomic mass is 10.1. The second-order valence-electron chi connectivity index (χ2n) is 5.59. The Labute approximate surface area is 128 Å². The molecule has 0 aliphatic carbocycles.